The Morgan fingerprint density at radius 3 is 2.40 bits per heavy atom. The zero-order valence-corrected chi connectivity index (χ0v) is 16.0. The van der Waals surface area contributed by atoms with Crippen molar-refractivity contribution in [1.29, 1.82) is 0 Å². The van der Waals surface area contributed by atoms with Crippen molar-refractivity contribution >= 4 is 5.97 Å². The zero-order valence-electron chi connectivity index (χ0n) is 16.0. The van der Waals surface area contributed by atoms with Gasteiger partial charge in [-0.25, -0.2) is 4.98 Å². The smallest absolute Gasteiger partial charge is 0.308 e. The molecule has 0 bridgehead atoms. The Morgan fingerprint density at radius 1 is 1.28 bits per heavy atom. The lowest BCUT2D eigenvalue weighted by Gasteiger charge is -2.20. The molecule has 1 aromatic carbocycles. The van der Waals surface area contributed by atoms with Gasteiger partial charge in [-0.3, -0.25) is 9.48 Å². The highest BCUT2D eigenvalue weighted by molar-refractivity contribution is 5.70. The first-order chi connectivity index (χ1) is 11.8. The van der Waals surface area contributed by atoms with E-state index < -0.39 is 0 Å². The van der Waals surface area contributed by atoms with Gasteiger partial charge >= 0.3 is 5.97 Å². The molecule has 25 heavy (non-hydrogen) atoms. The fraction of sp³-hybridized carbons (Fsp3) is 0.526. The Hall–Kier alpha value is -2.21. The number of benzene rings is 1. The molecule has 0 aliphatic heterocycles. The van der Waals surface area contributed by atoms with Gasteiger partial charge in [0.1, 0.15) is 17.9 Å². The number of carbonyl (C=O) groups excluding carboxylic acids is 1. The summed E-state index contributed by atoms with van der Waals surface area (Å²) in [5.74, 6) is 1.85. The maximum Gasteiger partial charge on any atom is 0.308 e. The number of aromatic nitrogens is 3. The summed E-state index contributed by atoms with van der Waals surface area (Å²) in [6, 6.07) is 4.25. The Morgan fingerprint density at radius 2 is 1.92 bits per heavy atom. The second-order valence-corrected chi connectivity index (χ2v) is 6.96. The van der Waals surface area contributed by atoms with Crippen LogP contribution in [0.3, 0.4) is 0 Å². The van der Waals surface area contributed by atoms with Gasteiger partial charge < -0.3 is 10.1 Å². The number of nitrogens with one attached hydrogen (secondary N) is 1. The fourth-order valence-corrected chi connectivity index (χ4v) is 3.06. The van der Waals surface area contributed by atoms with E-state index in [4.69, 9.17) is 4.74 Å². The molecule has 1 N–H and O–H groups in total. The molecule has 6 nitrogen and oxygen atoms in total. The monoisotopic (exact) mass is 344 g/mol. The molecule has 1 aromatic heterocycles. The zero-order chi connectivity index (χ0) is 18.6. The van der Waals surface area contributed by atoms with Crippen molar-refractivity contribution in [1.82, 2.24) is 20.1 Å². The van der Waals surface area contributed by atoms with Crippen LogP contribution in [-0.4, -0.2) is 20.7 Å². The molecule has 2 rings (SSSR count). The minimum absolute atomic E-state index is 0.140. The maximum atomic E-state index is 11.2. The van der Waals surface area contributed by atoms with E-state index in [0.717, 1.165) is 28.9 Å². The Kier molecular flexibility index (Phi) is 6.31. The van der Waals surface area contributed by atoms with Crippen LogP contribution in [0.15, 0.2) is 18.5 Å². The van der Waals surface area contributed by atoms with E-state index in [9.17, 15) is 4.79 Å². The van der Waals surface area contributed by atoms with E-state index in [-0.39, 0.29) is 12.0 Å². The second kappa shape index (κ2) is 8.25. The summed E-state index contributed by atoms with van der Waals surface area (Å²) in [6.45, 7) is 10.5. The lowest BCUT2D eigenvalue weighted by Crippen LogP contribution is -2.25. The first-order valence-electron chi connectivity index (χ1n) is 8.63. The molecule has 136 valence electrons. The molecule has 0 fully saturated rings. The maximum absolute atomic E-state index is 11.2. The normalized spacial score (nSPS) is 12.4. The third-order valence-corrected chi connectivity index (χ3v) is 4.08. The number of ether oxygens (including phenoxy) is 1. The number of aryl methyl sites for hydroxylation is 3. The van der Waals surface area contributed by atoms with Gasteiger partial charge in [-0.05, 0) is 42.9 Å². The summed E-state index contributed by atoms with van der Waals surface area (Å²) in [5, 5.41) is 7.78. The molecule has 0 aliphatic carbocycles. The quantitative estimate of drug-likeness (QED) is 0.617. The van der Waals surface area contributed by atoms with Gasteiger partial charge in [0.15, 0.2) is 0 Å². The molecule has 0 amide bonds. The predicted molar refractivity (Wildman–Crippen MR) is 97.3 cm³/mol. The lowest BCUT2D eigenvalue weighted by molar-refractivity contribution is -0.131. The summed E-state index contributed by atoms with van der Waals surface area (Å²) in [5.41, 5.74) is 3.08. The van der Waals surface area contributed by atoms with Crippen LogP contribution in [0.25, 0.3) is 0 Å². The van der Waals surface area contributed by atoms with Gasteiger partial charge in [0.25, 0.3) is 0 Å². The van der Waals surface area contributed by atoms with Crippen molar-refractivity contribution in [3.05, 3.63) is 41.0 Å². The number of carbonyl (C=O) groups is 1. The van der Waals surface area contributed by atoms with Crippen molar-refractivity contribution in [3.8, 4) is 5.75 Å². The van der Waals surface area contributed by atoms with E-state index >= 15 is 0 Å². The Bertz CT molecular complexity index is 714. The molecular formula is C19H28N4O2. The molecule has 1 unspecified atom stereocenters. The van der Waals surface area contributed by atoms with Crippen LogP contribution in [-0.2, 0) is 18.4 Å². The van der Waals surface area contributed by atoms with Crippen LogP contribution in [0.4, 0.5) is 0 Å². The third kappa shape index (κ3) is 5.13. The van der Waals surface area contributed by atoms with E-state index in [1.165, 1.54) is 6.92 Å². The van der Waals surface area contributed by atoms with Gasteiger partial charge in [0.2, 0.25) is 0 Å². The van der Waals surface area contributed by atoms with Crippen LogP contribution in [0, 0.1) is 19.8 Å². The van der Waals surface area contributed by atoms with Crippen molar-refractivity contribution in [2.75, 3.05) is 0 Å². The highest BCUT2D eigenvalue weighted by Crippen LogP contribution is 2.26. The van der Waals surface area contributed by atoms with Crippen molar-refractivity contribution < 1.29 is 9.53 Å². The van der Waals surface area contributed by atoms with E-state index in [0.29, 0.717) is 18.2 Å². The largest absolute Gasteiger partial charge is 0.426 e. The SMILES string of the molecule is CC(=O)Oc1c(C)cc(CNC(CC(C)C)c2ncnn2C)cc1C. The summed E-state index contributed by atoms with van der Waals surface area (Å²) < 4.78 is 7.12. The van der Waals surface area contributed by atoms with Crippen LogP contribution in [0.5, 0.6) is 5.75 Å². The molecule has 0 radical (unpaired) electrons. The lowest BCUT2D eigenvalue weighted by atomic mass is 10.0. The molecule has 0 spiro atoms. The van der Waals surface area contributed by atoms with E-state index in [1.807, 2.05) is 25.6 Å². The predicted octanol–water partition coefficient (Wildman–Crippen LogP) is 3.23. The van der Waals surface area contributed by atoms with Crippen molar-refractivity contribution in [2.45, 2.75) is 53.6 Å². The highest BCUT2D eigenvalue weighted by Gasteiger charge is 2.18. The van der Waals surface area contributed by atoms with Crippen LogP contribution < -0.4 is 10.1 Å². The number of hydrogen-bond donors (Lipinski definition) is 1. The molecule has 0 saturated heterocycles. The topological polar surface area (TPSA) is 69.0 Å². The summed E-state index contributed by atoms with van der Waals surface area (Å²) in [4.78, 5) is 15.6. The molecule has 1 atom stereocenters. The minimum Gasteiger partial charge on any atom is -0.426 e. The van der Waals surface area contributed by atoms with Gasteiger partial charge in [-0.2, -0.15) is 5.10 Å². The van der Waals surface area contributed by atoms with Crippen molar-refractivity contribution in [2.24, 2.45) is 13.0 Å². The summed E-state index contributed by atoms with van der Waals surface area (Å²) >= 11 is 0. The van der Waals surface area contributed by atoms with Gasteiger partial charge in [0, 0.05) is 20.5 Å². The number of nitrogens with zero attached hydrogens (tertiary/aromatic N) is 3. The first-order valence-corrected chi connectivity index (χ1v) is 8.63. The first kappa shape index (κ1) is 19.1. The molecule has 1 heterocycles. The molecule has 2 aromatic rings. The van der Waals surface area contributed by atoms with Crippen LogP contribution in [0.2, 0.25) is 0 Å². The fourth-order valence-electron chi connectivity index (χ4n) is 3.06. The standard InChI is InChI=1S/C19H28N4O2/c1-12(2)7-17(19-21-11-22-23(19)6)20-10-16-8-13(3)18(14(4)9-16)25-15(5)24/h8-9,11-12,17,20H,7,10H2,1-6H3. The van der Waals surface area contributed by atoms with Gasteiger partial charge in [0.05, 0.1) is 6.04 Å². The van der Waals surface area contributed by atoms with Gasteiger partial charge in [-0.15, -0.1) is 0 Å². The number of rotatable bonds is 7. The number of hydrogen-bond acceptors (Lipinski definition) is 5. The number of esters is 1. The second-order valence-electron chi connectivity index (χ2n) is 6.96. The third-order valence-electron chi connectivity index (χ3n) is 4.08. The van der Waals surface area contributed by atoms with Gasteiger partial charge in [-0.1, -0.05) is 26.0 Å². The van der Waals surface area contributed by atoms with E-state index in [1.54, 1.807) is 6.33 Å². The van der Waals surface area contributed by atoms with Crippen molar-refractivity contribution in [3.63, 3.8) is 0 Å². The molecule has 6 heteroatoms. The molecule has 0 saturated carbocycles. The average molecular weight is 344 g/mol. The van der Waals surface area contributed by atoms with Crippen LogP contribution >= 0.6 is 0 Å². The molecular weight excluding hydrogens is 316 g/mol. The summed E-state index contributed by atoms with van der Waals surface area (Å²) in [7, 11) is 1.92. The summed E-state index contributed by atoms with van der Waals surface area (Å²) in [6.07, 6.45) is 2.57. The highest BCUT2D eigenvalue weighted by atomic mass is 16.5. The molecule has 0 aliphatic rings. The minimum atomic E-state index is -0.295. The Labute approximate surface area is 149 Å². The van der Waals surface area contributed by atoms with E-state index in [2.05, 4.69) is 41.4 Å². The average Bonchev–Trinajstić information content (AvgIpc) is 2.93. The van der Waals surface area contributed by atoms with Crippen LogP contribution in [0.1, 0.15) is 55.7 Å². The Balaban J connectivity index is 2.15.